The Bertz CT molecular complexity index is 664. The van der Waals surface area contributed by atoms with Crippen LogP contribution in [0.2, 0.25) is 0 Å². The van der Waals surface area contributed by atoms with Crippen LogP contribution in [0.5, 0.6) is 0 Å². The van der Waals surface area contributed by atoms with Crippen molar-refractivity contribution in [3.05, 3.63) is 33.1 Å². The summed E-state index contributed by atoms with van der Waals surface area (Å²) in [4.78, 5) is 45.2. The molecule has 0 saturated carbocycles. The Balaban J connectivity index is 2.18. The number of aromatic nitrogens is 2. The highest BCUT2D eigenvalue weighted by atomic mass is 31.2. The highest BCUT2D eigenvalue weighted by molar-refractivity contribution is 7.43. The predicted octanol–water partition coefficient (Wildman–Crippen LogP) is -4.00. The van der Waals surface area contributed by atoms with Gasteiger partial charge in [-0.3, -0.25) is 14.3 Å². The first-order valence-electron chi connectivity index (χ1n) is 5.69. The summed E-state index contributed by atoms with van der Waals surface area (Å²) >= 11 is 0. The SMILES string of the molecule is O=c1ccn([C@@H]2O[C@H](COP(=O)([O-])[O-])[C@@H](O)[C@H]2O)c(=O)[nH]1. The van der Waals surface area contributed by atoms with Crippen LogP contribution in [0.3, 0.4) is 0 Å². The van der Waals surface area contributed by atoms with E-state index in [1.54, 1.807) is 0 Å². The van der Waals surface area contributed by atoms with Gasteiger partial charge in [0.25, 0.3) is 5.56 Å². The molecule has 4 atom stereocenters. The van der Waals surface area contributed by atoms with Gasteiger partial charge < -0.3 is 33.8 Å². The van der Waals surface area contributed by atoms with Crippen LogP contribution >= 0.6 is 7.82 Å². The smallest absolute Gasteiger partial charge is 0.330 e. The molecule has 2 rings (SSSR count). The van der Waals surface area contributed by atoms with E-state index in [0.29, 0.717) is 0 Å². The average Bonchev–Trinajstić information content (AvgIpc) is 2.64. The number of aliphatic hydroxyl groups excluding tert-OH is 2. The second-order valence-electron chi connectivity index (χ2n) is 4.31. The van der Waals surface area contributed by atoms with Crippen LogP contribution in [0.4, 0.5) is 0 Å². The summed E-state index contributed by atoms with van der Waals surface area (Å²) in [5.41, 5.74) is -1.55. The first-order chi connectivity index (χ1) is 9.69. The van der Waals surface area contributed by atoms with E-state index in [0.717, 1.165) is 16.8 Å². The first kappa shape index (κ1) is 16.0. The number of nitrogens with one attached hydrogen (secondary N) is 1. The number of ether oxygens (including phenoxy) is 1. The zero-order valence-electron chi connectivity index (χ0n) is 10.3. The molecule has 0 unspecified atom stereocenters. The van der Waals surface area contributed by atoms with Crippen molar-refractivity contribution in [1.29, 1.82) is 0 Å². The quantitative estimate of drug-likeness (QED) is 0.466. The number of aliphatic hydroxyl groups is 2. The molecule has 1 aliphatic heterocycles. The lowest BCUT2D eigenvalue weighted by molar-refractivity contribution is -0.343. The summed E-state index contributed by atoms with van der Waals surface area (Å²) < 4.78 is 20.3. The Hall–Kier alpha value is -1.33. The molecule has 118 valence electrons. The highest BCUT2D eigenvalue weighted by Gasteiger charge is 2.44. The van der Waals surface area contributed by atoms with Crippen molar-refractivity contribution in [2.45, 2.75) is 24.5 Å². The molecule has 0 bridgehead atoms. The molecule has 12 heteroatoms. The molecule has 1 aromatic heterocycles. The van der Waals surface area contributed by atoms with Crippen LogP contribution in [-0.4, -0.2) is 44.7 Å². The zero-order valence-corrected chi connectivity index (χ0v) is 11.2. The monoisotopic (exact) mass is 322 g/mol. The number of phosphoric acid groups is 1. The number of aromatic amines is 1. The Morgan fingerprint density at radius 3 is 2.62 bits per heavy atom. The molecule has 0 aliphatic carbocycles. The molecule has 0 spiro atoms. The standard InChI is InChI=1S/C9H13N2O9P/c12-5-1-2-11(9(15)10-5)8-7(14)6(13)4(20-8)3-19-21(16,17)18/h1-2,4,6-8,13-14H,3H2,(H,10,12,15)(H2,16,17,18)/p-2/t4-,6-,7-,8-/m1/s1. The molecule has 3 N–H and O–H groups in total. The van der Waals surface area contributed by atoms with Gasteiger partial charge in [-0.05, 0) is 0 Å². The molecule has 0 radical (unpaired) electrons. The second-order valence-corrected chi connectivity index (χ2v) is 5.46. The molecule has 0 aromatic carbocycles. The van der Waals surface area contributed by atoms with Gasteiger partial charge in [-0.15, -0.1) is 0 Å². The number of hydrogen-bond acceptors (Lipinski definition) is 9. The van der Waals surface area contributed by atoms with Crippen LogP contribution in [0.15, 0.2) is 21.9 Å². The number of nitrogens with zero attached hydrogens (tertiary/aromatic N) is 1. The van der Waals surface area contributed by atoms with Crippen molar-refractivity contribution in [2.24, 2.45) is 0 Å². The normalized spacial score (nSPS) is 29.7. The van der Waals surface area contributed by atoms with E-state index >= 15 is 0 Å². The number of hydrogen-bond donors (Lipinski definition) is 3. The minimum atomic E-state index is -5.26. The number of H-pyrrole nitrogens is 1. The van der Waals surface area contributed by atoms with Crippen molar-refractivity contribution in [1.82, 2.24) is 9.55 Å². The van der Waals surface area contributed by atoms with Crippen LogP contribution < -0.4 is 21.0 Å². The lowest BCUT2D eigenvalue weighted by atomic mass is 10.1. The van der Waals surface area contributed by atoms with Crippen LogP contribution in [-0.2, 0) is 13.8 Å². The van der Waals surface area contributed by atoms with Crippen molar-refractivity contribution in [3.8, 4) is 0 Å². The third-order valence-corrected chi connectivity index (χ3v) is 3.32. The molecule has 1 saturated heterocycles. The van der Waals surface area contributed by atoms with Crippen LogP contribution in [0.1, 0.15) is 6.23 Å². The molecule has 1 fully saturated rings. The van der Waals surface area contributed by atoms with E-state index in [2.05, 4.69) is 4.52 Å². The second kappa shape index (κ2) is 5.81. The highest BCUT2D eigenvalue weighted by Crippen LogP contribution is 2.32. The van der Waals surface area contributed by atoms with Crippen LogP contribution in [0.25, 0.3) is 0 Å². The van der Waals surface area contributed by atoms with Crippen molar-refractivity contribution < 1.29 is 33.8 Å². The summed E-state index contributed by atoms with van der Waals surface area (Å²) in [7, 11) is -5.26. The van der Waals surface area contributed by atoms with Gasteiger partial charge in [-0.1, -0.05) is 0 Å². The van der Waals surface area contributed by atoms with E-state index in [9.17, 15) is 34.2 Å². The van der Waals surface area contributed by atoms with E-state index in [1.165, 1.54) is 0 Å². The predicted molar refractivity (Wildman–Crippen MR) is 60.8 cm³/mol. The molecule has 21 heavy (non-hydrogen) atoms. The third-order valence-electron chi connectivity index (χ3n) is 2.86. The molecule has 0 amide bonds. The Morgan fingerprint density at radius 2 is 2.05 bits per heavy atom. The lowest BCUT2D eigenvalue weighted by Gasteiger charge is -2.30. The Labute approximate surface area is 116 Å². The van der Waals surface area contributed by atoms with Gasteiger partial charge in [-0.2, -0.15) is 0 Å². The topological polar surface area (TPSA) is 177 Å². The Kier molecular flexibility index (Phi) is 4.44. The summed E-state index contributed by atoms with van der Waals surface area (Å²) in [6, 6.07) is 0.997. The minimum absolute atomic E-state index is 0.664. The van der Waals surface area contributed by atoms with Crippen LogP contribution in [0, 0.1) is 0 Å². The van der Waals surface area contributed by atoms with Gasteiger partial charge in [0.05, 0.1) is 14.4 Å². The van der Waals surface area contributed by atoms with Gasteiger partial charge in [0, 0.05) is 12.3 Å². The van der Waals surface area contributed by atoms with E-state index in [-0.39, 0.29) is 0 Å². The number of phosphoric ester groups is 1. The molecular formula is C9H11N2O9P-2. The van der Waals surface area contributed by atoms with Gasteiger partial charge in [0.2, 0.25) is 0 Å². The maximum atomic E-state index is 11.6. The fraction of sp³-hybridized carbons (Fsp3) is 0.556. The van der Waals surface area contributed by atoms with E-state index < -0.39 is 50.2 Å². The maximum Gasteiger partial charge on any atom is 0.330 e. The van der Waals surface area contributed by atoms with Gasteiger partial charge >= 0.3 is 5.69 Å². The molecule has 2 heterocycles. The first-order valence-corrected chi connectivity index (χ1v) is 7.15. The summed E-state index contributed by atoms with van der Waals surface area (Å²) in [6.45, 7) is -0.808. The summed E-state index contributed by atoms with van der Waals surface area (Å²) in [5, 5.41) is 19.5. The molecular weight excluding hydrogens is 311 g/mol. The van der Waals surface area contributed by atoms with Crippen molar-refractivity contribution in [2.75, 3.05) is 6.61 Å². The average molecular weight is 322 g/mol. The summed E-state index contributed by atoms with van der Waals surface area (Å²) in [5.74, 6) is 0. The van der Waals surface area contributed by atoms with Gasteiger partial charge in [-0.25, -0.2) is 4.79 Å². The maximum absolute atomic E-state index is 11.6. The molecule has 11 nitrogen and oxygen atoms in total. The number of rotatable bonds is 4. The van der Waals surface area contributed by atoms with E-state index in [1.807, 2.05) is 4.98 Å². The van der Waals surface area contributed by atoms with Crippen molar-refractivity contribution in [3.63, 3.8) is 0 Å². The fourth-order valence-corrected chi connectivity index (χ4v) is 2.22. The zero-order chi connectivity index (χ0) is 15.8. The molecule has 1 aliphatic rings. The van der Waals surface area contributed by atoms with Gasteiger partial charge in [0.1, 0.15) is 18.3 Å². The third kappa shape index (κ3) is 3.66. The van der Waals surface area contributed by atoms with E-state index in [4.69, 9.17) is 4.74 Å². The molecule has 1 aromatic rings. The van der Waals surface area contributed by atoms with Crippen molar-refractivity contribution >= 4 is 7.82 Å². The summed E-state index contributed by atoms with van der Waals surface area (Å²) in [6.07, 6.45) is -4.83. The lowest BCUT2D eigenvalue weighted by Crippen LogP contribution is -2.37. The van der Waals surface area contributed by atoms with Gasteiger partial charge in [0.15, 0.2) is 6.23 Å². The fourth-order valence-electron chi connectivity index (χ4n) is 1.89. The largest absolute Gasteiger partial charge is 0.790 e. The minimum Gasteiger partial charge on any atom is -0.790 e. The Morgan fingerprint density at radius 1 is 1.38 bits per heavy atom.